The molecule has 4 aliphatic rings. The molecule has 0 unspecified atom stereocenters. The zero-order valence-electron chi connectivity index (χ0n) is 28.4. The molecule has 2 saturated heterocycles. The van der Waals surface area contributed by atoms with Crippen molar-refractivity contribution < 1.29 is 38.5 Å². The molecular weight excluding hydrogens is 662 g/mol. The molecule has 9 atom stereocenters. The van der Waals surface area contributed by atoms with Gasteiger partial charge in [0.2, 0.25) is 11.8 Å². The van der Waals surface area contributed by atoms with E-state index in [1.165, 1.54) is 16.9 Å². The van der Waals surface area contributed by atoms with Gasteiger partial charge in [-0.3, -0.25) is 19.2 Å². The number of hydrogen-bond acceptors (Lipinski definition) is 8. The molecule has 3 amide bonds. The van der Waals surface area contributed by atoms with Gasteiger partial charge in [-0.15, -0.1) is 0 Å². The Labute approximate surface area is 297 Å². The average molecular weight is 706 g/mol. The van der Waals surface area contributed by atoms with Gasteiger partial charge in [0.15, 0.2) is 0 Å². The van der Waals surface area contributed by atoms with Crippen LogP contribution in [0.5, 0.6) is 0 Å². The number of amides is 3. The quantitative estimate of drug-likeness (QED) is 0.311. The molecular formula is C38H44ClN3O8. The molecule has 2 aromatic carbocycles. The first kappa shape index (κ1) is 35.8. The minimum atomic E-state index is -1.51. The predicted octanol–water partition coefficient (Wildman–Crippen LogP) is 4.00. The fraction of sp³-hybridized carbons (Fsp3) is 0.474. The van der Waals surface area contributed by atoms with Gasteiger partial charge in [0.1, 0.15) is 23.7 Å². The van der Waals surface area contributed by atoms with Crippen LogP contribution in [-0.4, -0.2) is 90.4 Å². The molecule has 0 aromatic heterocycles. The summed E-state index contributed by atoms with van der Waals surface area (Å²) in [5.41, 5.74) is -0.449. The van der Waals surface area contributed by atoms with E-state index in [2.05, 4.69) is 5.32 Å². The van der Waals surface area contributed by atoms with E-state index in [9.17, 15) is 19.5 Å². The van der Waals surface area contributed by atoms with Gasteiger partial charge in [-0.2, -0.15) is 0 Å². The Bertz CT molecular complexity index is 1650. The number of fused-ring (bicyclic) bond motifs is 2. The van der Waals surface area contributed by atoms with Gasteiger partial charge in [-0.25, -0.2) is 0 Å². The summed E-state index contributed by atoms with van der Waals surface area (Å²) in [6.45, 7) is 3.61. The maximum Gasteiger partial charge on any atom is 0.313 e. The number of hydrogen-bond donors (Lipinski definition) is 2. The second-order valence-corrected chi connectivity index (χ2v) is 13.8. The molecule has 6 rings (SSSR count). The van der Waals surface area contributed by atoms with Crippen molar-refractivity contribution in [3.8, 4) is 0 Å². The number of aliphatic hydroxyl groups is 1. The van der Waals surface area contributed by atoms with Crippen LogP contribution in [-0.2, 0) is 33.4 Å². The molecule has 0 aliphatic carbocycles. The number of benzene rings is 2. The second-order valence-electron chi connectivity index (χ2n) is 13.4. The van der Waals surface area contributed by atoms with Gasteiger partial charge in [0.25, 0.3) is 5.91 Å². The van der Waals surface area contributed by atoms with Gasteiger partial charge >= 0.3 is 5.97 Å². The van der Waals surface area contributed by atoms with Crippen LogP contribution in [0.3, 0.4) is 0 Å². The topological polar surface area (TPSA) is 135 Å². The van der Waals surface area contributed by atoms with Crippen molar-refractivity contribution in [1.29, 1.82) is 0 Å². The number of para-hydroxylation sites is 1. The Balaban J connectivity index is 1.50. The van der Waals surface area contributed by atoms with E-state index in [1.807, 2.05) is 38.1 Å². The summed E-state index contributed by atoms with van der Waals surface area (Å²) >= 11 is 6.67. The van der Waals surface area contributed by atoms with Crippen molar-refractivity contribution in [1.82, 2.24) is 10.2 Å². The minimum Gasteiger partial charge on any atom is -0.455 e. The fourth-order valence-corrected chi connectivity index (χ4v) is 8.10. The summed E-state index contributed by atoms with van der Waals surface area (Å²) in [4.78, 5) is 60.6. The maximum atomic E-state index is 15.1. The van der Waals surface area contributed by atoms with Crippen LogP contribution >= 0.6 is 11.6 Å². The molecule has 2 aromatic rings. The molecule has 5 bridgehead atoms. The number of esters is 1. The number of nitrogens with zero attached hydrogens (tertiary/aromatic N) is 2. The van der Waals surface area contributed by atoms with Gasteiger partial charge in [-0.05, 0) is 30.0 Å². The molecule has 0 radical (unpaired) electrons. The van der Waals surface area contributed by atoms with Gasteiger partial charge in [0.05, 0.1) is 48.0 Å². The van der Waals surface area contributed by atoms with Gasteiger partial charge < -0.3 is 34.4 Å². The number of ether oxygens (including phenoxy) is 3. The normalized spacial score (nSPS) is 31.7. The molecule has 50 heavy (non-hydrogen) atoms. The maximum absolute atomic E-state index is 15.1. The highest BCUT2D eigenvalue weighted by molar-refractivity contribution is 6.34. The van der Waals surface area contributed by atoms with Crippen LogP contribution in [0.4, 0.5) is 5.69 Å². The lowest BCUT2D eigenvalue weighted by atomic mass is 9.74. The highest BCUT2D eigenvalue weighted by Crippen LogP contribution is 2.57. The Morgan fingerprint density at radius 2 is 1.80 bits per heavy atom. The number of cyclic esters (lactones) is 1. The Morgan fingerprint density at radius 3 is 2.50 bits per heavy atom. The third-order valence-corrected chi connectivity index (χ3v) is 10.8. The van der Waals surface area contributed by atoms with Crippen molar-refractivity contribution in [3.63, 3.8) is 0 Å². The number of carbonyl (C=O) groups excluding carboxylic acids is 4. The monoisotopic (exact) mass is 705 g/mol. The second kappa shape index (κ2) is 15.1. The lowest BCUT2D eigenvalue weighted by Crippen LogP contribution is -2.59. The molecule has 11 nitrogen and oxygen atoms in total. The number of carbonyl (C=O) groups is 4. The highest BCUT2D eigenvalue weighted by atomic mass is 35.5. The largest absolute Gasteiger partial charge is 0.455 e. The summed E-state index contributed by atoms with van der Waals surface area (Å²) in [6.07, 6.45) is 6.38. The van der Waals surface area contributed by atoms with Crippen molar-refractivity contribution in [2.75, 3.05) is 31.8 Å². The van der Waals surface area contributed by atoms with E-state index in [0.29, 0.717) is 29.1 Å². The zero-order chi connectivity index (χ0) is 35.6. The zero-order valence-corrected chi connectivity index (χ0v) is 29.2. The van der Waals surface area contributed by atoms with Crippen molar-refractivity contribution in [3.05, 3.63) is 89.5 Å². The van der Waals surface area contributed by atoms with Crippen molar-refractivity contribution in [2.24, 2.45) is 17.8 Å². The summed E-state index contributed by atoms with van der Waals surface area (Å²) in [7, 11) is 1.50. The Morgan fingerprint density at radius 1 is 1.06 bits per heavy atom. The number of aliphatic hydroxyl groups excluding tert-OH is 1. The predicted molar refractivity (Wildman–Crippen MR) is 186 cm³/mol. The lowest BCUT2D eigenvalue weighted by Gasteiger charge is -2.40. The summed E-state index contributed by atoms with van der Waals surface area (Å²) in [5, 5.41) is 14.1. The summed E-state index contributed by atoms with van der Waals surface area (Å²) < 4.78 is 18.4. The number of allylic oxidation sites excluding steroid dienone is 1. The number of anilines is 1. The molecule has 12 heteroatoms. The van der Waals surface area contributed by atoms with E-state index < -0.39 is 72.2 Å². The van der Waals surface area contributed by atoms with E-state index in [4.69, 9.17) is 25.8 Å². The first-order chi connectivity index (χ1) is 24.2. The van der Waals surface area contributed by atoms with Crippen LogP contribution in [0, 0.1) is 17.8 Å². The van der Waals surface area contributed by atoms with Gasteiger partial charge in [-0.1, -0.05) is 98.6 Å². The number of halogens is 1. The third kappa shape index (κ3) is 6.36. The van der Waals surface area contributed by atoms with E-state index in [0.717, 1.165) is 0 Å². The highest BCUT2D eigenvalue weighted by Gasteiger charge is 2.74. The summed E-state index contributed by atoms with van der Waals surface area (Å²) in [6, 6.07) is 13.3. The first-order valence-corrected chi connectivity index (χ1v) is 17.6. The van der Waals surface area contributed by atoms with Crippen LogP contribution in [0.2, 0.25) is 5.02 Å². The number of likely N-dealkylation sites (tertiary alicyclic amines) is 1. The molecule has 4 heterocycles. The molecule has 2 N–H and O–H groups in total. The number of rotatable bonds is 8. The molecule has 266 valence electrons. The van der Waals surface area contributed by atoms with E-state index in [1.54, 1.807) is 54.6 Å². The molecule has 1 spiro atoms. The number of methoxy groups -OCH3 is 1. The molecule has 4 aliphatic heterocycles. The van der Waals surface area contributed by atoms with Crippen LogP contribution in [0.25, 0.3) is 0 Å². The molecule has 0 saturated carbocycles. The lowest BCUT2D eigenvalue weighted by molar-refractivity contribution is -0.162. The Kier molecular flexibility index (Phi) is 10.8. The van der Waals surface area contributed by atoms with Crippen molar-refractivity contribution in [2.45, 2.75) is 69.0 Å². The smallest absolute Gasteiger partial charge is 0.313 e. The van der Waals surface area contributed by atoms with Crippen LogP contribution in [0.15, 0.2) is 78.9 Å². The molecule has 2 fully saturated rings. The minimum absolute atomic E-state index is 0.0510. The first-order valence-electron chi connectivity index (χ1n) is 17.2. The fourth-order valence-electron chi connectivity index (χ4n) is 7.86. The van der Waals surface area contributed by atoms with Crippen molar-refractivity contribution >= 4 is 41.0 Å². The number of nitrogens with one attached hydrogen (secondary N) is 1. The summed E-state index contributed by atoms with van der Waals surface area (Å²) in [5.74, 6) is -4.30. The van der Waals surface area contributed by atoms with E-state index in [-0.39, 0.29) is 31.4 Å². The third-order valence-electron chi connectivity index (χ3n) is 10.5. The van der Waals surface area contributed by atoms with Gasteiger partial charge in [0, 0.05) is 20.1 Å². The van der Waals surface area contributed by atoms with E-state index >= 15 is 4.79 Å². The van der Waals surface area contributed by atoms with Crippen LogP contribution in [0.1, 0.15) is 44.8 Å². The standard InChI is InChI=1S/C38H44ClN3O8/c1-4-23(2)28(21-43)42-34-36(46)41(27-16-11-10-15-25(27)39)20-12-6-9-17-30(44)40-26(22-48-3)33(24-13-7-5-8-14-24)49-37(47)31-29-18-19-38(34,50-29)32(31)35(42)45/h5-8,10-16,18-19,23,26,28-29,31-34,43H,4,9,17,20-22H2,1-3H3,(H,40,44)/b12-6-/t23-,26+,28-,29-,31+,32+,33+,34-,38+/m0/s1. The van der Waals surface area contributed by atoms with Crippen LogP contribution < -0.4 is 10.2 Å². The Hall–Kier alpha value is -4.03. The SMILES string of the molecule is CC[C@H](C)[C@H](CO)N1C(=O)[C@H]2[C@@H]3C(=O)O[C@H](c4ccccc4)[C@@H](COC)NC(=O)CC/C=C\CN(c4ccccc4Cl)C(=O)[C@H]1[C@@]21C=C[C@@H]3O1. The average Bonchev–Trinajstić information content (AvgIpc) is 3.76.